The average Bonchev–Trinajstić information content (AvgIpc) is 2.58. The fourth-order valence-electron chi connectivity index (χ4n) is 3.20. The number of hydrogen-bond acceptors (Lipinski definition) is 5. The molecular weight excluding hydrogens is 308 g/mol. The maximum atomic E-state index is 12.6. The van der Waals surface area contributed by atoms with Gasteiger partial charge in [-0.15, -0.1) is 0 Å². The van der Waals surface area contributed by atoms with Crippen LogP contribution in [0.25, 0.3) is 0 Å². The third-order valence-corrected chi connectivity index (χ3v) is 4.70. The Morgan fingerprint density at radius 2 is 2.17 bits per heavy atom. The molecule has 3 N–H and O–H groups in total. The zero-order valence-corrected chi connectivity index (χ0v) is 14.2. The number of aryl methyl sites for hydroxylation is 1. The largest absolute Gasteiger partial charge is 0.286 e. The van der Waals surface area contributed by atoms with Crippen LogP contribution in [0.1, 0.15) is 38.2 Å². The van der Waals surface area contributed by atoms with E-state index in [2.05, 4.69) is 22.8 Å². The first-order valence-electron chi connectivity index (χ1n) is 8.39. The highest BCUT2D eigenvalue weighted by Gasteiger charge is 2.32. The molecular formula is C17H26N4O3. The molecule has 0 spiro atoms. The summed E-state index contributed by atoms with van der Waals surface area (Å²) in [5.41, 5.74) is 6.49. The van der Waals surface area contributed by atoms with Crippen LogP contribution in [-0.2, 0) is 9.59 Å². The van der Waals surface area contributed by atoms with Crippen LogP contribution < -0.4 is 10.9 Å². The van der Waals surface area contributed by atoms with E-state index in [1.54, 1.807) is 6.20 Å². The zero-order chi connectivity index (χ0) is 17.5. The fraction of sp³-hybridized carbons (Fsp3) is 0.588. The van der Waals surface area contributed by atoms with Crippen molar-refractivity contribution < 1.29 is 14.8 Å². The van der Waals surface area contributed by atoms with Crippen molar-refractivity contribution in [2.24, 2.45) is 17.8 Å². The predicted octanol–water partition coefficient (Wildman–Crippen LogP) is 2.12. The van der Waals surface area contributed by atoms with Gasteiger partial charge in [-0.05, 0) is 49.3 Å². The molecule has 1 aliphatic carbocycles. The van der Waals surface area contributed by atoms with E-state index in [-0.39, 0.29) is 18.4 Å². The van der Waals surface area contributed by atoms with Gasteiger partial charge in [0.05, 0.1) is 12.5 Å². The molecule has 0 aliphatic heterocycles. The summed E-state index contributed by atoms with van der Waals surface area (Å²) in [4.78, 5) is 27.4. The van der Waals surface area contributed by atoms with E-state index in [4.69, 9.17) is 0 Å². The third-order valence-electron chi connectivity index (χ3n) is 4.70. The van der Waals surface area contributed by atoms with Gasteiger partial charge in [-0.3, -0.25) is 25.6 Å². The minimum atomic E-state index is -0.454. The van der Waals surface area contributed by atoms with Crippen molar-refractivity contribution in [1.82, 2.24) is 15.5 Å². The van der Waals surface area contributed by atoms with Crippen molar-refractivity contribution in [3.63, 3.8) is 0 Å². The molecule has 1 atom stereocenters. The summed E-state index contributed by atoms with van der Waals surface area (Å²) < 4.78 is 0. The van der Waals surface area contributed by atoms with Gasteiger partial charge >= 0.3 is 0 Å². The van der Waals surface area contributed by atoms with Crippen molar-refractivity contribution >= 4 is 18.1 Å². The molecule has 1 aromatic heterocycles. The minimum Gasteiger partial charge on any atom is -0.286 e. The molecule has 1 aromatic rings. The molecule has 7 heteroatoms. The molecule has 0 bridgehead atoms. The molecule has 132 valence electrons. The smallest absolute Gasteiger partial charge is 0.243 e. The first kappa shape index (κ1) is 18.2. The molecule has 1 fully saturated rings. The van der Waals surface area contributed by atoms with E-state index >= 15 is 0 Å². The molecule has 1 heterocycles. The highest BCUT2D eigenvalue weighted by Crippen LogP contribution is 2.33. The van der Waals surface area contributed by atoms with Gasteiger partial charge in [0.1, 0.15) is 5.82 Å². The first-order chi connectivity index (χ1) is 11.5. The summed E-state index contributed by atoms with van der Waals surface area (Å²) >= 11 is 0. The second kappa shape index (κ2) is 8.63. The zero-order valence-electron chi connectivity index (χ0n) is 14.2. The number of carbonyl (C=O) groups excluding carboxylic acids is 2. The van der Waals surface area contributed by atoms with Crippen LogP contribution in [0.4, 0.5) is 5.82 Å². The topological polar surface area (TPSA) is 94.6 Å². The molecule has 0 unspecified atom stereocenters. The van der Waals surface area contributed by atoms with Gasteiger partial charge < -0.3 is 0 Å². The van der Waals surface area contributed by atoms with E-state index in [0.29, 0.717) is 23.2 Å². The number of hydrazine groups is 1. The highest BCUT2D eigenvalue weighted by atomic mass is 16.5. The first-order valence-corrected chi connectivity index (χ1v) is 8.39. The number of amides is 2. The van der Waals surface area contributed by atoms with Crippen LogP contribution in [-0.4, -0.2) is 34.1 Å². The van der Waals surface area contributed by atoms with Gasteiger partial charge in [0, 0.05) is 6.20 Å². The summed E-state index contributed by atoms with van der Waals surface area (Å²) in [5, 5.41) is 10.1. The Morgan fingerprint density at radius 1 is 1.46 bits per heavy atom. The average molecular weight is 334 g/mol. The molecule has 0 radical (unpaired) electrons. The van der Waals surface area contributed by atoms with Gasteiger partial charge in [0.2, 0.25) is 12.3 Å². The van der Waals surface area contributed by atoms with Crippen LogP contribution in [0.15, 0.2) is 18.3 Å². The molecule has 24 heavy (non-hydrogen) atoms. The SMILES string of the molecule is Cc1ccnc(NNC(=O)[C@@H](CN(O)C=O)C2CCC(C)CC2)c1. The monoisotopic (exact) mass is 334 g/mol. The Morgan fingerprint density at radius 3 is 2.79 bits per heavy atom. The summed E-state index contributed by atoms with van der Waals surface area (Å²) in [6.45, 7) is 4.14. The molecule has 2 rings (SSSR count). The Kier molecular flexibility index (Phi) is 6.54. The quantitative estimate of drug-likeness (QED) is 0.403. The Balaban J connectivity index is 1.99. The number of pyridine rings is 1. The lowest BCUT2D eigenvalue weighted by Crippen LogP contribution is -2.44. The molecule has 7 nitrogen and oxygen atoms in total. The van der Waals surface area contributed by atoms with E-state index in [1.807, 2.05) is 19.1 Å². The summed E-state index contributed by atoms with van der Waals surface area (Å²) in [6.07, 6.45) is 5.97. The van der Waals surface area contributed by atoms with Crippen molar-refractivity contribution in [2.75, 3.05) is 12.0 Å². The molecule has 0 saturated heterocycles. The van der Waals surface area contributed by atoms with Crippen molar-refractivity contribution in [2.45, 2.75) is 39.5 Å². The predicted molar refractivity (Wildman–Crippen MR) is 89.9 cm³/mol. The third kappa shape index (κ3) is 5.19. The maximum absolute atomic E-state index is 12.6. The van der Waals surface area contributed by atoms with Gasteiger partial charge in [0.15, 0.2) is 0 Å². The van der Waals surface area contributed by atoms with Crippen LogP contribution in [0, 0.1) is 24.7 Å². The van der Waals surface area contributed by atoms with Crippen molar-refractivity contribution in [1.29, 1.82) is 0 Å². The van der Waals surface area contributed by atoms with Gasteiger partial charge in [-0.2, -0.15) is 0 Å². The van der Waals surface area contributed by atoms with E-state index < -0.39 is 5.92 Å². The maximum Gasteiger partial charge on any atom is 0.243 e. The Labute approximate surface area is 142 Å². The lowest BCUT2D eigenvalue weighted by atomic mass is 9.76. The number of nitrogens with one attached hydrogen (secondary N) is 2. The number of hydroxylamine groups is 2. The number of hydrogen-bond donors (Lipinski definition) is 3. The number of rotatable bonds is 7. The second-order valence-corrected chi connectivity index (χ2v) is 6.69. The summed E-state index contributed by atoms with van der Waals surface area (Å²) in [5.74, 6) is 0.679. The van der Waals surface area contributed by atoms with Gasteiger partial charge in [-0.25, -0.2) is 10.0 Å². The van der Waals surface area contributed by atoms with Crippen LogP contribution in [0.2, 0.25) is 0 Å². The van der Waals surface area contributed by atoms with Crippen LogP contribution in [0.5, 0.6) is 0 Å². The summed E-state index contributed by atoms with van der Waals surface area (Å²) in [6, 6.07) is 3.69. The Hall–Kier alpha value is -2.15. The lowest BCUT2D eigenvalue weighted by Gasteiger charge is -2.32. The van der Waals surface area contributed by atoms with E-state index in [9.17, 15) is 14.8 Å². The number of aromatic nitrogens is 1. The fourth-order valence-corrected chi connectivity index (χ4v) is 3.20. The van der Waals surface area contributed by atoms with Crippen LogP contribution in [0.3, 0.4) is 0 Å². The number of carbonyl (C=O) groups is 2. The minimum absolute atomic E-state index is 0.00267. The van der Waals surface area contributed by atoms with Crippen molar-refractivity contribution in [3.05, 3.63) is 23.9 Å². The normalized spacial score (nSPS) is 21.6. The highest BCUT2D eigenvalue weighted by molar-refractivity contribution is 5.80. The van der Waals surface area contributed by atoms with Crippen molar-refractivity contribution in [3.8, 4) is 0 Å². The van der Waals surface area contributed by atoms with E-state index in [0.717, 1.165) is 31.2 Å². The molecule has 0 aromatic carbocycles. The summed E-state index contributed by atoms with van der Waals surface area (Å²) in [7, 11) is 0. The Bertz CT molecular complexity index is 559. The lowest BCUT2D eigenvalue weighted by molar-refractivity contribution is -0.156. The molecule has 2 amide bonds. The molecule has 1 aliphatic rings. The van der Waals surface area contributed by atoms with Gasteiger partial charge in [-0.1, -0.05) is 19.8 Å². The van der Waals surface area contributed by atoms with Crippen LogP contribution >= 0.6 is 0 Å². The standard InChI is InChI=1S/C17H26N4O3/c1-12-3-5-14(6-4-12)15(10-21(24)11-22)17(23)20-19-16-9-13(2)7-8-18-16/h7-9,11-12,14-15,24H,3-6,10H2,1-2H3,(H,18,19)(H,20,23)/t12?,14?,15-/m0/s1. The molecule has 1 saturated carbocycles. The number of anilines is 1. The van der Waals surface area contributed by atoms with Gasteiger partial charge in [0.25, 0.3) is 0 Å². The second-order valence-electron chi connectivity index (χ2n) is 6.69. The van der Waals surface area contributed by atoms with E-state index in [1.165, 1.54) is 0 Å². The number of nitrogens with zero attached hydrogens (tertiary/aromatic N) is 2.